The number of benzene rings is 2. The number of hydrogen-bond donors (Lipinski definition) is 1. The van der Waals surface area contributed by atoms with Gasteiger partial charge in [0.15, 0.2) is 6.10 Å². The van der Waals surface area contributed by atoms with E-state index in [0.29, 0.717) is 23.6 Å². The smallest absolute Gasteiger partial charge is 0.274 e. The van der Waals surface area contributed by atoms with E-state index in [9.17, 15) is 18.0 Å². The van der Waals surface area contributed by atoms with Gasteiger partial charge in [0.1, 0.15) is 5.75 Å². The van der Waals surface area contributed by atoms with Crippen molar-refractivity contribution in [2.24, 2.45) is 0 Å². The molecule has 0 saturated carbocycles. The van der Waals surface area contributed by atoms with Crippen LogP contribution in [0.3, 0.4) is 0 Å². The zero-order valence-electron chi connectivity index (χ0n) is 18.7. The SMILES string of the molecule is Cc1ccc(C(=O)c2cccn2C/C=C/c2cccc(O[C@@H](C)C(=O)NS(C)(=O)=O)c2)cc1. The molecule has 1 amide bonds. The highest BCUT2D eigenvalue weighted by Crippen LogP contribution is 2.17. The molecule has 0 fully saturated rings. The first-order valence-electron chi connectivity index (χ1n) is 10.3. The molecule has 1 atom stereocenters. The number of carbonyl (C=O) groups is 2. The van der Waals surface area contributed by atoms with E-state index in [4.69, 9.17) is 4.74 Å². The van der Waals surface area contributed by atoms with Gasteiger partial charge in [-0.2, -0.15) is 0 Å². The Bertz CT molecular complexity index is 1270. The van der Waals surface area contributed by atoms with Crippen LogP contribution in [0.1, 0.15) is 34.1 Å². The minimum Gasteiger partial charge on any atom is -0.481 e. The summed E-state index contributed by atoms with van der Waals surface area (Å²) in [7, 11) is -3.65. The quantitative estimate of drug-likeness (QED) is 0.487. The monoisotopic (exact) mass is 466 g/mol. The van der Waals surface area contributed by atoms with Crippen LogP contribution < -0.4 is 9.46 Å². The molecule has 0 spiro atoms. The zero-order chi connectivity index (χ0) is 24.0. The first-order valence-corrected chi connectivity index (χ1v) is 12.2. The highest BCUT2D eigenvalue weighted by Gasteiger charge is 2.18. The maximum absolute atomic E-state index is 12.8. The number of nitrogens with zero attached hydrogens (tertiary/aromatic N) is 1. The van der Waals surface area contributed by atoms with E-state index in [1.807, 2.05) is 71.0 Å². The predicted molar refractivity (Wildman–Crippen MR) is 128 cm³/mol. The number of sulfonamides is 1. The van der Waals surface area contributed by atoms with Gasteiger partial charge in [0, 0.05) is 18.3 Å². The Labute approximate surface area is 193 Å². The lowest BCUT2D eigenvalue weighted by atomic mass is 10.1. The third-order valence-corrected chi connectivity index (χ3v) is 5.39. The Balaban J connectivity index is 1.65. The molecule has 2 aromatic carbocycles. The summed E-state index contributed by atoms with van der Waals surface area (Å²) in [6.07, 6.45) is 5.59. The van der Waals surface area contributed by atoms with E-state index in [2.05, 4.69) is 0 Å². The molecule has 0 aliphatic carbocycles. The van der Waals surface area contributed by atoms with Crippen LogP contribution in [0.25, 0.3) is 6.08 Å². The summed E-state index contributed by atoms with van der Waals surface area (Å²) in [6, 6.07) is 18.2. The molecule has 3 rings (SSSR count). The average Bonchev–Trinajstić information content (AvgIpc) is 3.21. The maximum atomic E-state index is 12.8. The first kappa shape index (κ1) is 24.0. The number of aromatic nitrogens is 1. The molecule has 8 heteroatoms. The number of rotatable bonds is 9. The average molecular weight is 467 g/mol. The number of carbonyl (C=O) groups excluding carboxylic acids is 2. The van der Waals surface area contributed by atoms with Crippen LogP contribution in [-0.4, -0.2) is 37.0 Å². The fraction of sp³-hybridized carbons (Fsp3) is 0.200. The van der Waals surface area contributed by atoms with Crippen molar-refractivity contribution in [3.8, 4) is 5.75 Å². The number of ether oxygens (including phenoxy) is 1. The van der Waals surface area contributed by atoms with Gasteiger partial charge < -0.3 is 9.30 Å². The topological polar surface area (TPSA) is 94.5 Å². The van der Waals surface area contributed by atoms with E-state index < -0.39 is 22.0 Å². The molecular weight excluding hydrogens is 440 g/mol. The summed E-state index contributed by atoms with van der Waals surface area (Å²) >= 11 is 0. The van der Waals surface area contributed by atoms with Crippen molar-refractivity contribution in [1.82, 2.24) is 9.29 Å². The predicted octanol–water partition coefficient (Wildman–Crippen LogP) is 3.58. The summed E-state index contributed by atoms with van der Waals surface area (Å²) in [4.78, 5) is 24.7. The minimum absolute atomic E-state index is 0.0369. The standard InChI is InChI=1S/C25H26N2O5S/c1-18-11-13-21(14-12-18)24(28)23-10-6-16-27(23)15-5-8-20-7-4-9-22(17-20)32-19(2)25(29)26-33(3,30)31/h4-14,16-17,19H,15H2,1-3H3,(H,26,29)/b8-5+/t19-/m0/s1. The van der Waals surface area contributed by atoms with Crippen LogP contribution in [0, 0.1) is 6.92 Å². The van der Waals surface area contributed by atoms with Gasteiger partial charge in [0.25, 0.3) is 5.91 Å². The maximum Gasteiger partial charge on any atom is 0.274 e. The van der Waals surface area contributed by atoms with E-state index in [1.54, 1.807) is 24.3 Å². The molecule has 3 aromatic rings. The molecule has 1 N–H and O–H groups in total. The summed E-state index contributed by atoms with van der Waals surface area (Å²) in [5, 5.41) is 0. The molecule has 0 bridgehead atoms. The molecule has 0 aliphatic heterocycles. The van der Waals surface area contributed by atoms with Crippen LogP contribution in [0.5, 0.6) is 5.75 Å². The van der Waals surface area contributed by atoms with Gasteiger partial charge in [0.2, 0.25) is 15.8 Å². The Morgan fingerprint density at radius 3 is 2.52 bits per heavy atom. The van der Waals surface area contributed by atoms with Gasteiger partial charge in [0.05, 0.1) is 11.9 Å². The van der Waals surface area contributed by atoms with Crippen LogP contribution in [0.2, 0.25) is 0 Å². The molecule has 0 unspecified atom stereocenters. The minimum atomic E-state index is -3.65. The lowest BCUT2D eigenvalue weighted by molar-refractivity contribution is -0.125. The van der Waals surface area contributed by atoms with E-state index >= 15 is 0 Å². The van der Waals surface area contributed by atoms with Crippen LogP contribution in [0.15, 0.2) is 72.9 Å². The highest BCUT2D eigenvalue weighted by molar-refractivity contribution is 7.89. The number of allylic oxidation sites excluding steroid dienone is 1. The molecule has 0 radical (unpaired) electrons. The van der Waals surface area contributed by atoms with Crippen molar-refractivity contribution in [2.45, 2.75) is 26.5 Å². The van der Waals surface area contributed by atoms with Crippen molar-refractivity contribution in [3.05, 3.63) is 95.3 Å². The second-order valence-electron chi connectivity index (χ2n) is 7.71. The van der Waals surface area contributed by atoms with Crippen molar-refractivity contribution < 1.29 is 22.7 Å². The Hall–Kier alpha value is -3.65. The third kappa shape index (κ3) is 6.92. The molecule has 0 aliphatic rings. The van der Waals surface area contributed by atoms with E-state index in [-0.39, 0.29) is 5.78 Å². The van der Waals surface area contributed by atoms with Crippen LogP contribution >= 0.6 is 0 Å². The normalized spacial score (nSPS) is 12.5. The summed E-state index contributed by atoms with van der Waals surface area (Å²) in [6.45, 7) is 3.95. The molecular formula is C25H26N2O5S. The van der Waals surface area contributed by atoms with Crippen molar-refractivity contribution in [2.75, 3.05) is 6.26 Å². The Morgan fingerprint density at radius 2 is 1.82 bits per heavy atom. The first-order chi connectivity index (χ1) is 15.6. The van der Waals surface area contributed by atoms with Crippen molar-refractivity contribution in [1.29, 1.82) is 0 Å². The van der Waals surface area contributed by atoms with Gasteiger partial charge in [-0.05, 0) is 43.7 Å². The number of nitrogens with one attached hydrogen (secondary N) is 1. The second-order valence-corrected chi connectivity index (χ2v) is 9.46. The van der Waals surface area contributed by atoms with Crippen molar-refractivity contribution in [3.63, 3.8) is 0 Å². The van der Waals surface area contributed by atoms with Crippen LogP contribution in [-0.2, 0) is 21.4 Å². The number of hydrogen-bond acceptors (Lipinski definition) is 5. The molecule has 33 heavy (non-hydrogen) atoms. The molecule has 1 aromatic heterocycles. The van der Waals surface area contributed by atoms with Gasteiger partial charge in [-0.1, -0.05) is 54.1 Å². The molecule has 172 valence electrons. The lowest BCUT2D eigenvalue weighted by Gasteiger charge is -2.14. The second kappa shape index (κ2) is 10.3. The van der Waals surface area contributed by atoms with Crippen molar-refractivity contribution >= 4 is 27.8 Å². The lowest BCUT2D eigenvalue weighted by Crippen LogP contribution is -2.39. The van der Waals surface area contributed by atoms with Crippen LogP contribution in [0.4, 0.5) is 0 Å². The van der Waals surface area contributed by atoms with Gasteiger partial charge in [-0.25, -0.2) is 8.42 Å². The van der Waals surface area contributed by atoms with E-state index in [0.717, 1.165) is 17.4 Å². The van der Waals surface area contributed by atoms with Gasteiger partial charge in [-0.15, -0.1) is 0 Å². The fourth-order valence-corrected chi connectivity index (χ4v) is 3.68. The molecule has 0 saturated heterocycles. The third-order valence-electron chi connectivity index (χ3n) is 4.81. The summed E-state index contributed by atoms with van der Waals surface area (Å²) in [5.41, 5.74) is 3.18. The van der Waals surface area contributed by atoms with Gasteiger partial charge >= 0.3 is 0 Å². The Kier molecular flexibility index (Phi) is 7.50. The number of aryl methyl sites for hydroxylation is 1. The number of ketones is 1. The highest BCUT2D eigenvalue weighted by atomic mass is 32.2. The Morgan fingerprint density at radius 1 is 1.09 bits per heavy atom. The largest absolute Gasteiger partial charge is 0.481 e. The number of amides is 1. The molecule has 7 nitrogen and oxygen atoms in total. The van der Waals surface area contributed by atoms with E-state index in [1.165, 1.54) is 6.92 Å². The molecule has 1 heterocycles. The summed E-state index contributed by atoms with van der Waals surface area (Å²) in [5.74, 6) is -0.341. The summed E-state index contributed by atoms with van der Waals surface area (Å²) < 4.78 is 31.7. The fourth-order valence-electron chi connectivity index (χ4n) is 3.15. The van der Waals surface area contributed by atoms with Gasteiger partial charge in [-0.3, -0.25) is 14.3 Å². The zero-order valence-corrected chi connectivity index (χ0v) is 19.5.